The molecule has 2 rings (SSSR count). The minimum Gasteiger partial charge on any atom is -0.469 e. The summed E-state index contributed by atoms with van der Waals surface area (Å²) in [5.41, 5.74) is 8.56. The number of ether oxygens (including phenoxy) is 2. The van der Waals surface area contributed by atoms with E-state index < -0.39 is 24.0 Å². The maximum Gasteiger partial charge on any atom is 0.338 e. The van der Waals surface area contributed by atoms with Gasteiger partial charge < -0.3 is 15.2 Å². The highest BCUT2D eigenvalue weighted by atomic mass is 16.5. The number of aryl methyl sites for hydroxylation is 1. The van der Waals surface area contributed by atoms with Crippen molar-refractivity contribution < 1.29 is 28.7 Å². The van der Waals surface area contributed by atoms with Crippen LogP contribution in [0.2, 0.25) is 0 Å². The lowest BCUT2D eigenvalue weighted by atomic mass is 10.1. The quantitative estimate of drug-likeness (QED) is 0.593. The van der Waals surface area contributed by atoms with Gasteiger partial charge in [-0.2, -0.15) is 5.10 Å². The van der Waals surface area contributed by atoms with Crippen LogP contribution in [-0.4, -0.2) is 46.9 Å². The number of primary amides is 1. The van der Waals surface area contributed by atoms with Crippen LogP contribution in [0.15, 0.2) is 24.3 Å². The molecule has 1 aromatic heterocycles. The fourth-order valence-corrected chi connectivity index (χ4v) is 3.22. The van der Waals surface area contributed by atoms with Crippen LogP contribution in [0.5, 0.6) is 0 Å². The van der Waals surface area contributed by atoms with Gasteiger partial charge in [0.1, 0.15) is 0 Å². The first-order chi connectivity index (χ1) is 15.0. The minimum absolute atomic E-state index is 0.235. The second kappa shape index (κ2) is 10.6. The number of nitrogens with two attached hydrogens (primary N) is 1. The van der Waals surface area contributed by atoms with Crippen molar-refractivity contribution in [3.05, 3.63) is 46.8 Å². The van der Waals surface area contributed by atoms with Gasteiger partial charge in [0, 0.05) is 12.1 Å². The Balaban J connectivity index is 2.17. The van der Waals surface area contributed by atoms with Gasteiger partial charge in [-0.15, -0.1) is 0 Å². The highest BCUT2D eigenvalue weighted by Gasteiger charge is 2.28. The fraction of sp³-hybridized carbons (Fsp3) is 0.409. The molecule has 0 saturated carbocycles. The van der Waals surface area contributed by atoms with Crippen molar-refractivity contribution >= 4 is 23.9 Å². The third-order valence-corrected chi connectivity index (χ3v) is 4.94. The first kappa shape index (κ1) is 24.6. The number of imide groups is 1. The van der Waals surface area contributed by atoms with Gasteiger partial charge in [0.05, 0.1) is 24.1 Å². The van der Waals surface area contributed by atoms with Crippen molar-refractivity contribution in [1.29, 1.82) is 0 Å². The zero-order chi connectivity index (χ0) is 24.0. The number of esters is 2. The third kappa shape index (κ3) is 5.93. The summed E-state index contributed by atoms with van der Waals surface area (Å²) in [5, 5.41) is 6.46. The van der Waals surface area contributed by atoms with Crippen LogP contribution < -0.4 is 11.1 Å². The summed E-state index contributed by atoms with van der Waals surface area (Å²) in [6.45, 7) is 7.13. The predicted molar refractivity (Wildman–Crippen MR) is 115 cm³/mol. The number of nitrogens with one attached hydrogen (secondary N) is 1. The molecule has 1 atom stereocenters. The van der Waals surface area contributed by atoms with Crippen LogP contribution >= 0.6 is 0 Å². The third-order valence-electron chi connectivity index (χ3n) is 4.94. The Hall–Kier alpha value is -3.69. The molecule has 0 aliphatic heterocycles. The maximum absolute atomic E-state index is 12.5. The van der Waals surface area contributed by atoms with E-state index in [-0.39, 0.29) is 23.9 Å². The number of carbonyl (C=O) groups is 4. The number of amides is 3. The topological polar surface area (TPSA) is 143 Å². The Bertz CT molecular complexity index is 1010. The van der Waals surface area contributed by atoms with Crippen LogP contribution in [0.25, 0.3) is 5.69 Å². The van der Waals surface area contributed by atoms with Crippen LogP contribution in [0.4, 0.5) is 4.79 Å². The Morgan fingerprint density at radius 3 is 2.28 bits per heavy atom. The lowest BCUT2D eigenvalue weighted by Gasteiger charge is -2.19. The summed E-state index contributed by atoms with van der Waals surface area (Å²) < 4.78 is 11.7. The van der Waals surface area contributed by atoms with Gasteiger partial charge in [0.15, 0.2) is 6.10 Å². The molecule has 1 heterocycles. The van der Waals surface area contributed by atoms with Crippen LogP contribution in [0.1, 0.15) is 47.6 Å². The SMILES string of the molecule is COC(=O)CCc1c(C)nn(-c2ccc(C(=O)OC(C(=O)NC(N)=O)C(C)C)cc2)c1C. The van der Waals surface area contributed by atoms with E-state index in [2.05, 4.69) is 5.10 Å². The van der Waals surface area contributed by atoms with Crippen molar-refractivity contribution in [3.8, 4) is 5.69 Å². The number of methoxy groups -OCH3 is 1. The number of rotatable bonds is 8. The van der Waals surface area contributed by atoms with Crippen molar-refractivity contribution in [1.82, 2.24) is 15.1 Å². The van der Waals surface area contributed by atoms with Gasteiger partial charge in [-0.3, -0.25) is 14.9 Å². The van der Waals surface area contributed by atoms with Crippen molar-refractivity contribution in [2.45, 2.75) is 46.6 Å². The smallest absolute Gasteiger partial charge is 0.338 e. The lowest BCUT2D eigenvalue weighted by Crippen LogP contribution is -2.45. The average molecular weight is 444 g/mol. The maximum atomic E-state index is 12.5. The van der Waals surface area contributed by atoms with Gasteiger partial charge >= 0.3 is 18.0 Å². The lowest BCUT2D eigenvalue weighted by molar-refractivity contribution is -0.140. The zero-order valence-corrected chi connectivity index (χ0v) is 18.8. The molecule has 3 amide bonds. The van der Waals surface area contributed by atoms with Gasteiger partial charge in [-0.25, -0.2) is 14.3 Å². The Morgan fingerprint density at radius 1 is 1.12 bits per heavy atom. The molecule has 1 unspecified atom stereocenters. The fourth-order valence-electron chi connectivity index (χ4n) is 3.22. The molecule has 0 aliphatic carbocycles. The second-order valence-corrected chi connectivity index (χ2v) is 7.61. The standard InChI is InChI=1S/C22H28N4O6/c1-12(2)19(20(28)24-22(23)30)32-21(29)15-6-8-16(9-7-15)26-14(4)17(13(3)25-26)10-11-18(27)31-5/h6-9,12,19H,10-11H2,1-5H3,(H3,23,24,28,30). The van der Waals surface area contributed by atoms with Crippen molar-refractivity contribution in [2.75, 3.05) is 7.11 Å². The molecule has 0 aliphatic rings. The molecule has 1 aromatic carbocycles. The number of aromatic nitrogens is 2. The predicted octanol–water partition coefficient (Wildman–Crippen LogP) is 1.97. The van der Waals surface area contributed by atoms with E-state index in [9.17, 15) is 19.2 Å². The number of carbonyl (C=O) groups excluding carboxylic acids is 4. The summed E-state index contributed by atoms with van der Waals surface area (Å²) in [6.07, 6.45) is -0.392. The number of hydrogen-bond donors (Lipinski definition) is 2. The first-order valence-electron chi connectivity index (χ1n) is 10.1. The van der Waals surface area contributed by atoms with Gasteiger partial charge in [-0.05, 0) is 56.0 Å². The van der Waals surface area contributed by atoms with E-state index in [0.29, 0.717) is 6.42 Å². The summed E-state index contributed by atoms with van der Waals surface area (Å²) in [7, 11) is 1.35. The molecule has 10 heteroatoms. The highest BCUT2D eigenvalue weighted by molar-refractivity contribution is 5.98. The number of nitrogens with zero attached hydrogens (tertiary/aromatic N) is 2. The normalized spacial score (nSPS) is 11.7. The molecule has 0 spiro atoms. The molecule has 172 valence electrons. The van der Waals surface area contributed by atoms with E-state index in [4.69, 9.17) is 15.2 Å². The summed E-state index contributed by atoms with van der Waals surface area (Å²) in [6, 6.07) is 5.51. The van der Waals surface area contributed by atoms with E-state index >= 15 is 0 Å². The molecule has 32 heavy (non-hydrogen) atoms. The summed E-state index contributed by atoms with van der Waals surface area (Å²) in [4.78, 5) is 47.0. The molecule has 10 nitrogen and oxygen atoms in total. The number of urea groups is 1. The molecular formula is C22H28N4O6. The number of benzene rings is 1. The monoisotopic (exact) mass is 444 g/mol. The van der Waals surface area contributed by atoms with Crippen LogP contribution in [0.3, 0.4) is 0 Å². The minimum atomic E-state index is -1.16. The van der Waals surface area contributed by atoms with Crippen molar-refractivity contribution in [3.63, 3.8) is 0 Å². The first-order valence-corrected chi connectivity index (χ1v) is 10.1. The molecular weight excluding hydrogens is 416 g/mol. The Labute approximate surface area is 186 Å². The summed E-state index contributed by atoms with van der Waals surface area (Å²) >= 11 is 0. The van der Waals surface area contributed by atoms with Gasteiger partial charge in [0.25, 0.3) is 5.91 Å². The van der Waals surface area contributed by atoms with Crippen LogP contribution in [-0.2, 0) is 25.5 Å². The Kier molecular flexibility index (Phi) is 8.11. The zero-order valence-electron chi connectivity index (χ0n) is 18.8. The molecule has 2 aromatic rings. The summed E-state index contributed by atoms with van der Waals surface area (Å²) in [5.74, 6) is -2.14. The molecule has 3 N–H and O–H groups in total. The largest absolute Gasteiger partial charge is 0.469 e. The second-order valence-electron chi connectivity index (χ2n) is 7.61. The molecule has 0 bridgehead atoms. The van der Waals surface area contributed by atoms with Crippen molar-refractivity contribution in [2.24, 2.45) is 11.7 Å². The van der Waals surface area contributed by atoms with Gasteiger partial charge in [-0.1, -0.05) is 13.8 Å². The molecule has 0 saturated heterocycles. The van der Waals surface area contributed by atoms with E-state index in [1.54, 1.807) is 42.8 Å². The van der Waals surface area contributed by atoms with Gasteiger partial charge in [0.2, 0.25) is 0 Å². The number of hydrogen-bond acceptors (Lipinski definition) is 7. The Morgan fingerprint density at radius 2 is 1.75 bits per heavy atom. The average Bonchev–Trinajstić information content (AvgIpc) is 3.02. The highest BCUT2D eigenvalue weighted by Crippen LogP contribution is 2.20. The van der Waals surface area contributed by atoms with E-state index in [1.807, 2.05) is 19.2 Å². The van der Waals surface area contributed by atoms with E-state index in [1.165, 1.54) is 7.11 Å². The van der Waals surface area contributed by atoms with Crippen LogP contribution in [0, 0.1) is 19.8 Å². The van der Waals surface area contributed by atoms with E-state index in [0.717, 1.165) is 22.6 Å². The molecule has 0 radical (unpaired) electrons. The molecule has 0 fully saturated rings.